The van der Waals surface area contributed by atoms with Crippen LogP contribution in [-0.4, -0.2) is 146 Å². The van der Waals surface area contributed by atoms with E-state index in [1.54, 1.807) is 133 Å². The third kappa shape index (κ3) is 23.0. The van der Waals surface area contributed by atoms with E-state index in [0.717, 1.165) is 164 Å². The van der Waals surface area contributed by atoms with Crippen LogP contribution in [0.2, 0.25) is 60.3 Å². The molecule has 0 spiro atoms. The molecular weight excluding hydrogens is 2070 g/mol. The number of nitrogens with two attached hydrogens (primary N) is 3. The molecule has 137 heavy (non-hydrogen) atoms. The molecular formula is C97H83Cl12N15O9S4. The molecule has 14 aromatic rings. The van der Waals surface area contributed by atoms with Crippen LogP contribution in [0.15, 0.2) is 170 Å². The molecule has 8 aromatic heterocycles. The van der Waals surface area contributed by atoms with Crippen molar-refractivity contribution in [2.45, 2.75) is 128 Å². The van der Waals surface area contributed by atoms with Gasteiger partial charge in [0.05, 0.1) is 151 Å². The molecule has 4 atom stereocenters. The summed E-state index contributed by atoms with van der Waals surface area (Å²) in [5, 5.41) is 38.5. The molecule has 6 aliphatic rings. The molecule has 0 bridgehead atoms. The lowest BCUT2D eigenvalue weighted by Crippen LogP contribution is -2.46. The number of halogens is 12. The van der Waals surface area contributed by atoms with Gasteiger partial charge >= 0.3 is 5.97 Å². The van der Waals surface area contributed by atoms with Gasteiger partial charge < -0.3 is 32.9 Å². The number of carbonyl (C=O) groups is 8. The van der Waals surface area contributed by atoms with E-state index in [-0.39, 0.29) is 72.3 Å². The Kier molecular flexibility index (Phi) is 32.8. The number of benzene rings is 6. The Labute approximate surface area is 863 Å². The standard InChI is InChI=1S/C28H21Cl3N4O3S.C21H20Cl3N3OS.C20H19Cl3N4OS.C17H14Cl2N2O2.C11H9ClN2O2S/c29-20-8-7-15(11-21(20)30)10-16(14-34-27(37)17-4-1-2-5-18(17)28(34)38)33-26(36)24-12-19-23(39-24)6-3-9-35-25(19)22(31)13-32-35;22-15-4-3-12(7-16(15)23)6-13(10-25)8-18(28)20-9-14-19(29-20)2-1-5-27-21(14)17(24)11-26-27;21-14-4-3-11(7-15(14)22)6-12(9-24)26-20(28)18-8-13-17(29-18)2-1-5-27-19(13)16(23)10-25-27;18-14-6-5-10(8-15(14)19)7-11(20)9-21-16(22)12-3-1-2-4-13(12)17(21)23;12-7-5-13-14-3-1-2-8-6(10(7)14)4-9(17-8)11(15)16/h1-2,4-5,7-8,11-13,16H,3,6,9-10,14H2,(H,33,36);3-4,7,9,11,13H,1-2,5-6,8,10,25H2;3-4,7-8,10,12H,1-2,5-6,9,24H2,(H,26,28);1-6,8,11H,7,9,20H2;4-5H,1-3H2,(H,15,16)/t16-;13-;12-;11-;/m0100./s1. The van der Waals surface area contributed by atoms with Gasteiger partial charge in [-0.3, -0.25) is 62.1 Å². The number of amides is 6. The van der Waals surface area contributed by atoms with Crippen LogP contribution in [0, 0.1) is 5.92 Å². The SMILES string of the molecule is NC[C@@H](CC(=O)c1cc2c(s1)CCCn1ncc(Cl)c1-2)Cc1ccc(Cl)c(Cl)c1.NC[C@H](Cc1ccc(Cl)c(Cl)c1)NC(=O)c1cc2c(s1)CCCn1ncc(Cl)c1-2.N[C@@H](Cc1ccc(Cl)c(Cl)c1)CN1C(=O)c2ccccc2C1=O.O=C(N[C@@H](Cc1ccc(Cl)c(Cl)c1)CN1C(=O)c2ccccc2C1=O)c1cc2c(s1)CCCn1ncc(Cl)c1-2.O=C(O)c1cc2c(s1)CCCn1ncc(Cl)c1-2. The first-order valence-corrected chi connectivity index (χ1v) is 51.2. The summed E-state index contributed by atoms with van der Waals surface area (Å²) in [5.41, 5.74) is 30.6. The number of imide groups is 2. The van der Waals surface area contributed by atoms with E-state index < -0.39 is 12.0 Å². The van der Waals surface area contributed by atoms with Crippen molar-refractivity contribution in [3.63, 3.8) is 0 Å². The number of thiophene rings is 4. The topological polar surface area (TPSA) is 337 Å². The average Bonchev–Trinajstić information content (AvgIpc) is 1.62. The predicted molar refractivity (Wildman–Crippen MR) is 548 cm³/mol. The van der Waals surface area contributed by atoms with E-state index in [0.29, 0.717) is 142 Å². The summed E-state index contributed by atoms with van der Waals surface area (Å²) in [5.74, 6) is -2.52. The lowest BCUT2D eigenvalue weighted by molar-refractivity contribution is 0.0622. The molecule has 6 aliphatic heterocycles. The number of aromatic carboxylic acids is 1. The minimum atomic E-state index is -0.884. The zero-order chi connectivity index (χ0) is 96.9. The maximum atomic E-state index is 13.6. The smallest absolute Gasteiger partial charge is 0.345 e. The maximum Gasteiger partial charge on any atom is 0.345 e. The summed E-state index contributed by atoms with van der Waals surface area (Å²) in [7, 11) is 0. The van der Waals surface area contributed by atoms with Gasteiger partial charge in [0.2, 0.25) is 0 Å². The predicted octanol–water partition coefficient (Wildman–Crippen LogP) is 23.0. The molecule has 6 amide bonds. The van der Waals surface area contributed by atoms with Crippen molar-refractivity contribution >= 4 is 232 Å². The maximum absolute atomic E-state index is 13.6. The molecule has 0 saturated heterocycles. The van der Waals surface area contributed by atoms with Crippen LogP contribution in [0.1, 0.15) is 154 Å². The van der Waals surface area contributed by atoms with Crippen molar-refractivity contribution < 1.29 is 43.5 Å². The number of carboxylic acid groups (broad SMARTS) is 1. The normalized spacial score (nSPS) is 14.5. The largest absolute Gasteiger partial charge is 0.477 e. The Balaban J connectivity index is 0.000000127. The zero-order valence-electron chi connectivity index (χ0n) is 72.4. The van der Waals surface area contributed by atoms with Crippen LogP contribution < -0.4 is 27.8 Å². The van der Waals surface area contributed by atoms with E-state index in [1.807, 2.05) is 67.3 Å². The van der Waals surface area contributed by atoms with Crippen LogP contribution >= 0.6 is 185 Å². The fourth-order valence-electron chi connectivity index (χ4n) is 17.2. The lowest BCUT2D eigenvalue weighted by Gasteiger charge is -2.24. The lowest BCUT2D eigenvalue weighted by atomic mass is 9.94. The molecule has 40 heteroatoms. The molecule has 20 rings (SSSR count). The highest BCUT2D eigenvalue weighted by Crippen LogP contribution is 2.45. The van der Waals surface area contributed by atoms with Crippen LogP contribution in [0.3, 0.4) is 0 Å². The number of aromatic nitrogens is 8. The summed E-state index contributed by atoms with van der Waals surface area (Å²) in [4.78, 5) is 110. The molecule has 9 N–H and O–H groups in total. The average molecular weight is 2160 g/mol. The van der Waals surface area contributed by atoms with E-state index in [2.05, 4.69) is 31.0 Å². The second-order valence-electron chi connectivity index (χ2n) is 33.2. The van der Waals surface area contributed by atoms with E-state index in [9.17, 15) is 38.4 Å². The van der Waals surface area contributed by atoms with Gasteiger partial charge in [-0.15, -0.1) is 45.3 Å². The Hall–Kier alpha value is -9.32. The number of aryl methyl sites for hydroxylation is 8. The Morgan fingerprint density at radius 1 is 0.358 bits per heavy atom. The highest BCUT2D eigenvalue weighted by atomic mass is 35.5. The van der Waals surface area contributed by atoms with Gasteiger partial charge in [0.1, 0.15) is 4.88 Å². The number of nitrogens with one attached hydrogen (secondary N) is 2. The Morgan fingerprint density at radius 2 is 0.664 bits per heavy atom. The number of fused-ring (bicyclic) bond motifs is 14. The first-order chi connectivity index (χ1) is 65.8. The van der Waals surface area contributed by atoms with E-state index in [4.69, 9.17) is 162 Å². The van der Waals surface area contributed by atoms with Gasteiger partial charge in [-0.1, -0.05) is 188 Å². The first-order valence-electron chi connectivity index (χ1n) is 43.4. The van der Waals surface area contributed by atoms with Gasteiger partial charge in [-0.25, -0.2) is 4.79 Å². The van der Waals surface area contributed by atoms with Gasteiger partial charge in [-0.2, -0.15) is 20.4 Å². The molecule has 0 saturated carbocycles. The summed E-state index contributed by atoms with van der Waals surface area (Å²) < 4.78 is 7.57. The van der Waals surface area contributed by atoms with Crippen molar-refractivity contribution in [3.05, 3.63) is 314 Å². The third-order valence-corrected chi connectivity index (χ3v) is 32.6. The first kappa shape index (κ1) is 101. The Bertz CT molecular complexity index is 6780. The zero-order valence-corrected chi connectivity index (χ0v) is 84.7. The van der Waals surface area contributed by atoms with Crippen molar-refractivity contribution in [2.24, 2.45) is 23.1 Å². The monoisotopic (exact) mass is 2150 g/mol. The van der Waals surface area contributed by atoms with Crippen molar-refractivity contribution in [1.82, 2.24) is 59.6 Å². The summed E-state index contributed by atoms with van der Waals surface area (Å²) >= 11 is 79.5. The van der Waals surface area contributed by atoms with Crippen LogP contribution in [0.5, 0.6) is 0 Å². The molecule has 6 aromatic carbocycles. The van der Waals surface area contributed by atoms with Crippen LogP contribution in [0.25, 0.3) is 45.0 Å². The fourth-order valence-corrected chi connectivity index (χ4v) is 23.8. The number of hydrogen-bond donors (Lipinski definition) is 6. The van der Waals surface area contributed by atoms with E-state index >= 15 is 0 Å². The second kappa shape index (κ2) is 44.7. The number of rotatable bonds is 22. The summed E-state index contributed by atoms with van der Waals surface area (Å²) in [6, 6.07) is 41.2. The number of hydrogen-bond acceptors (Lipinski definition) is 19. The minimum absolute atomic E-state index is 0.00200. The molecule has 0 unspecified atom stereocenters. The minimum Gasteiger partial charge on any atom is -0.477 e. The number of carboxylic acids is 1. The molecule has 708 valence electrons. The van der Waals surface area contributed by atoms with Gasteiger partial charge in [0.15, 0.2) is 5.78 Å². The highest BCUT2D eigenvalue weighted by molar-refractivity contribution is 7.15. The number of Topliss-reactive ketones (excluding diaryl/α,β-unsaturated/α-hetero) is 1. The summed E-state index contributed by atoms with van der Waals surface area (Å²) in [6.45, 7) is 4.15. The number of carbonyl (C=O) groups excluding carboxylic acids is 7. The molecule has 0 radical (unpaired) electrons. The van der Waals surface area contributed by atoms with Crippen molar-refractivity contribution in [3.8, 4) is 45.0 Å². The molecule has 0 aliphatic carbocycles. The van der Waals surface area contributed by atoms with Crippen molar-refractivity contribution in [1.29, 1.82) is 0 Å². The quantitative estimate of drug-likeness (QED) is 0.0271. The van der Waals surface area contributed by atoms with Gasteiger partial charge in [0, 0.05) is 106 Å². The van der Waals surface area contributed by atoms with E-state index in [1.165, 1.54) is 48.7 Å². The van der Waals surface area contributed by atoms with Crippen molar-refractivity contribution in [2.75, 3.05) is 26.2 Å². The fraction of sp³-hybridized carbons (Fsp3) is 0.258. The van der Waals surface area contributed by atoms with Gasteiger partial charge in [-0.05, 0) is 209 Å². The number of nitrogens with zero attached hydrogens (tertiary/aromatic N) is 10. The van der Waals surface area contributed by atoms with Gasteiger partial charge in [0.25, 0.3) is 35.4 Å². The highest BCUT2D eigenvalue weighted by Gasteiger charge is 2.40. The van der Waals surface area contributed by atoms with Crippen LogP contribution in [0.4, 0.5) is 0 Å². The molecule has 24 nitrogen and oxygen atoms in total. The molecule has 0 fully saturated rings. The third-order valence-electron chi connectivity index (χ3n) is 23.7. The van der Waals surface area contributed by atoms with Crippen LogP contribution in [-0.2, 0) is 77.5 Å². The summed E-state index contributed by atoms with van der Waals surface area (Å²) in [6.07, 6.45) is 16.3. The second-order valence-corrected chi connectivity index (χ2v) is 42.6. The molecule has 14 heterocycles. The Morgan fingerprint density at radius 3 is 1.01 bits per heavy atom. The number of ketones is 1.